The Morgan fingerprint density at radius 2 is 1.68 bits per heavy atom. The highest BCUT2D eigenvalue weighted by Crippen LogP contribution is 2.38. The second kappa shape index (κ2) is 9.15. The van der Waals surface area contributed by atoms with E-state index in [0.717, 1.165) is 33.5 Å². The van der Waals surface area contributed by atoms with Crippen molar-refractivity contribution in [3.8, 4) is 11.4 Å². The molecular weight excluding hydrogens is 448 g/mol. The standard InChI is InChI=1S/C27H23ClN4O2/c1-17-8-6-7-11-21(17)16-32-18(2)23(24(29-27(32)33)19-9-4-3-5-10-19)26-30-25(31-34-26)20-12-14-22(28)15-13-20/h3-15,24H,16H2,1-2H3,(H,29,33). The Bertz CT molecular complexity index is 1360. The van der Waals surface area contributed by atoms with Gasteiger partial charge in [0.2, 0.25) is 5.82 Å². The predicted octanol–water partition coefficient (Wildman–Crippen LogP) is 6.40. The van der Waals surface area contributed by atoms with Crippen molar-refractivity contribution in [2.45, 2.75) is 26.4 Å². The fourth-order valence-corrected chi connectivity index (χ4v) is 4.28. The maximum Gasteiger partial charge on any atom is 0.322 e. The molecule has 0 saturated heterocycles. The molecule has 0 spiro atoms. The van der Waals surface area contributed by atoms with Crippen molar-refractivity contribution in [3.05, 3.63) is 112 Å². The number of rotatable bonds is 5. The number of urea groups is 1. The summed E-state index contributed by atoms with van der Waals surface area (Å²) in [6, 6.07) is 24.5. The number of nitrogens with zero attached hydrogens (tertiary/aromatic N) is 3. The molecule has 0 fully saturated rings. The predicted molar refractivity (Wildman–Crippen MR) is 132 cm³/mol. The van der Waals surface area contributed by atoms with Crippen LogP contribution in [0.25, 0.3) is 17.0 Å². The first-order valence-corrected chi connectivity index (χ1v) is 11.4. The molecule has 170 valence electrons. The quantitative estimate of drug-likeness (QED) is 0.366. The van der Waals surface area contributed by atoms with Crippen LogP contribution in [0.3, 0.4) is 0 Å². The van der Waals surface area contributed by atoms with Crippen molar-refractivity contribution in [1.29, 1.82) is 0 Å². The van der Waals surface area contributed by atoms with Gasteiger partial charge >= 0.3 is 6.03 Å². The minimum absolute atomic E-state index is 0.171. The molecule has 3 aromatic carbocycles. The molecule has 6 nitrogen and oxygen atoms in total. The summed E-state index contributed by atoms with van der Waals surface area (Å²) in [4.78, 5) is 19.7. The molecule has 0 aliphatic carbocycles. The molecule has 34 heavy (non-hydrogen) atoms. The number of hydrogen-bond acceptors (Lipinski definition) is 4. The largest absolute Gasteiger partial charge is 0.334 e. The van der Waals surface area contributed by atoms with E-state index in [9.17, 15) is 4.79 Å². The van der Waals surface area contributed by atoms with E-state index in [2.05, 4.69) is 15.5 Å². The van der Waals surface area contributed by atoms with Crippen molar-refractivity contribution >= 4 is 23.2 Å². The molecule has 7 heteroatoms. The van der Waals surface area contributed by atoms with Gasteiger partial charge < -0.3 is 9.84 Å². The summed E-state index contributed by atoms with van der Waals surface area (Å²) in [6.07, 6.45) is 0. The molecule has 0 radical (unpaired) electrons. The minimum atomic E-state index is -0.416. The molecule has 1 aliphatic heterocycles. The fraction of sp³-hybridized carbons (Fsp3) is 0.148. The molecule has 1 N–H and O–H groups in total. The highest BCUT2D eigenvalue weighted by molar-refractivity contribution is 6.30. The lowest BCUT2D eigenvalue weighted by Crippen LogP contribution is -2.45. The molecule has 5 rings (SSSR count). The SMILES string of the molecule is CC1=C(c2nc(-c3ccc(Cl)cc3)no2)C(c2ccccc2)NC(=O)N1Cc1ccccc1C. The van der Waals surface area contributed by atoms with Gasteiger partial charge in [-0.1, -0.05) is 71.4 Å². The number of nitrogens with one attached hydrogen (secondary N) is 1. The highest BCUT2D eigenvalue weighted by atomic mass is 35.5. The lowest BCUT2D eigenvalue weighted by molar-refractivity contribution is 0.203. The highest BCUT2D eigenvalue weighted by Gasteiger charge is 2.35. The normalized spacial score (nSPS) is 16.0. The van der Waals surface area contributed by atoms with Crippen LogP contribution >= 0.6 is 11.6 Å². The van der Waals surface area contributed by atoms with Crippen molar-refractivity contribution in [2.24, 2.45) is 0 Å². The van der Waals surface area contributed by atoms with Crippen molar-refractivity contribution in [1.82, 2.24) is 20.4 Å². The number of halogens is 1. The first-order chi connectivity index (χ1) is 16.5. The third kappa shape index (κ3) is 4.20. The van der Waals surface area contributed by atoms with E-state index in [4.69, 9.17) is 16.1 Å². The zero-order chi connectivity index (χ0) is 23.7. The molecule has 2 amide bonds. The molecule has 0 saturated carbocycles. The zero-order valence-corrected chi connectivity index (χ0v) is 19.6. The van der Waals surface area contributed by atoms with Crippen LogP contribution in [0.4, 0.5) is 4.79 Å². The third-order valence-corrected chi connectivity index (χ3v) is 6.33. The average molecular weight is 471 g/mol. The van der Waals surface area contributed by atoms with E-state index < -0.39 is 6.04 Å². The maximum absolute atomic E-state index is 13.2. The molecule has 1 atom stereocenters. The van der Waals surface area contributed by atoms with E-state index >= 15 is 0 Å². The summed E-state index contributed by atoms with van der Waals surface area (Å²) >= 11 is 6.02. The third-order valence-electron chi connectivity index (χ3n) is 6.08. The summed E-state index contributed by atoms with van der Waals surface area (Å²) in [5.41, 5.74) is 5.47. The Morgan fingerprint density at radius 3 is 2.41 bits per heavy atom. The number of allylic oxidation sites excluding steroid dienone is 1. The molecule has 0 bridgehead atoms. The van der Waals surface area contributed by atoms with Gasteiger partial charge in [0.1, 0.15) is 0 Å². The molecule has 1 aliphatic rings. The van der Waals surface area contributed by atoms with Crippen LogP contribution in [0.1, 0.15) is 35.5 Å². The van der Waals surface area contributed by atoms with E-state index in [1.165, 1.54) is 0 Å². The van der Waals surface area contributed by atoms with Crippen LogP contribution in [0.2, 0.25) is 5.02 Å². The van der Waals surface area contributed by atoms with Gasteiger partial charge in [-0.3, -0.25) is 4.90 Å². The van der Waals surface area contributed by atoms with E-state index in [1.807, 2.05) is 80.6 Å². The second-order valence-electron chi connectivity index (χ2n) is 8.23. The molecular formula is C27H23ClN4O2. The van der Waals surface area contributed by atoms with Crippen LogP contribution in [0.5, 0.6) is 0 Å². The summed E-state index contributed by atoms with van der Waals surface area (Å²) in [5, 5.41) is 7.98. The Hall–Kier alpha value is -3.90. The summed E-state index contributed by atoms with van der Waals surface area (Å²) in [6.45, 7) is 4.41. The monoisotopic (exact) mass is 470 g/mol. The second-order valence-corrected chi connectivity index (χ2v) is 8.67. The summed E-state index contributed by atoms with van der Waals surface area (Å²) in [7, 11) is 0. The summed E-state index contributed by atoms with van der Waals surface area (Å²) < 4.78 is 5.74. The van der Waals surface area contributed by atoms with Crippen LogP contribution in [0, 0.1) is 6.92 Å². The van der Waals surface area contributed by atoms with Gasteiger partial charge in [-0.05, 0) is 54.8 Å². The Morgan fingerprint density at radius 1 is 0.971 bits per heavy atom. The Balaban J connectivity index is 1.60. The first-order valence-electron chi connectivity index (χ1n) is 11.0. The van der Waals surface area contributed by atoms with Gasteiger partial charge in [-0.2, -0.15) is 4.98 Å². The smallest absolute Gasteiger partial charge is 0.322 e. The van der Waals surface area contributed by atoms with E-state index in [0.29, 0.717) is 23.3 Å². The van der Waals surface area contributed by atoms with Gasteiger partial charge in [0.05, 0.1) is 18.2 Å². The Labute approximate surface area is 202 Å². The van der Waals surface area contributed by atoms with Gasteiger partial charge in [0.25, 0.3) is 5.89 Å². The van der Waals surface area contributed by atoms with Crippen LogP contribution < -0.4 is 5.32 Å². The van der Waals surface area contributed by atoms with E-state index in [1.54, 1.807) is 17.0 Å². The average Bonchev–Trinajstić information content (AvgIpc) is 3.33. The number of carbonyl (C=O) groups is 1. The number of amides is 2. The molecule has 4 aromatic rings. The zero-order valence-electron chi connectivity index (χ0n) is 18.8. The minimum Gasteiger partial charge on any atom is -0.334 e. The van der Waals surface area contributed by atoms with Gasteiger partial charge in [-0.15, -0.1) is 0 Å². The molecule has 1 unspecified atom stereocenters. The van der Waals surface area contributed by atoms with Gasteiger partial charge in [-0.25, -0.2) is 4.79 Å². The summed E-state index contributed by atoms with van der Waals surface area (Å²) in [5.74, 6) is 0.826. The number of carbonyl (C=O) groups excluding carboxylic acids is 1. The van der Waals surface area contributed by atoms with Gasteiger partial charge in [0, 0.05) is 16.3 Å². The fourth-order valence-electron chi connectivity index (χ4n) is 4.15. The maximum atomic E-state index is 13.2. The molecule has 2 heterocycles. The number of aryl methyl sites for hydroxylation is 1. The van der Waals surface area contributed by atoms with Crippen molar-refractivity contribution in [2.75, 3.05) is 0 Å². The lowest BCUT2D eigenvalue weighted by Gasteiger charge is -2.35. The number of hydrogen-bond donors (Lipinski definition) is 1. The van der Waals surface area contributed by atoms with Crippen molar-refractivity contribution in [3.63, 3.8) is 0 Å². The topological polar surface area (TPSA) is 71.3 Å². The molecule has 1 aromatic heterocycles. The van der Waals surface area contributed by atoms with E-state index in [-0.39, 0.29) is 6.03 Å². The van der Waals surface area contributed by atoms with Crippen LogP contribution in [-0.4, -0.2) is 21.1 Å². The lowest BCUT2D eigenvalue weighted by atomic mass is 9.94. The number of aromatic nitrogens is 2. The van der Waals surface area contributed by atoms with Crippen LogP contribution in [-0.2, 0) is 6.54 Å². The first kappa shape index (κ1) is 21.9. The Kier molecular flexibility index (Phi) is 5.90. The van der Waals surface area contributed by atoms with Crippen molar-refractivity contribution < 1.29 is 9.32 Å². The van der Waals surface area contributed by atoms with Gasteiger partial charge in [0.15, 0.2) is 0 Å². The number of benzene rings is 3. The van der Waals surface area contributed by atoms with Crippen LogP contribution in [0.15, 0.2) is 89.1 Å².